The second-order valence-corrected chi connectivity index (χ2v) is 4.93. The van der Waals surface area contributed by atoms with E-state index in [9.17, 15) is 5.11 Å². The van der Waals surface area contributed by atoms with Gasteiger partial charge in [0.25, 0.3) is 0 Å². The fourth-order valence-corrected chi connectivity index (χ4v) is 1.99. The molecule has 1 atom stereocenters. The van der Waals surface area contributed by atoms with E-state index in [-0.39, 0.29) is 6.61 Å². The average Bonchev–Trinajstić information content (AvgIpc) is 2.36. The van der Waals surface area contributed by atoms with Crippen LogP contribution in [0.3, 0.4) is 0 Å². The van der Waals surface area contributed by atoms with Gasteiger partial charge in [-0.2, -0.15) is 0 Å². The van der Waals surface area contributed by atoms with Crippen molar-refractivity contribution in [1.29, 1.82) is 0 Å². The molecule has 0 saturated carbocycles. The molecule has 108 valence electrons. The minimum atomic E-state index is -0.583. The minimum Gasteiger partial charge on any atom is -0.488 e. The van der Waals surface area contributed by atoms with Crippen molar-refractivity contribution in [3.8, 4) is 5.75 Å². The maximum Gasteiger partial charge on any atom is 0.191 e. The SMILES string of the molecule is CCOC(COc1cc(Br)ccc1C(C)O)OCC. The summed E-state index contributed by atoms with van der Waals surface area (Å²) >= 11 is 3.39. The summed E-state index contributed by atoms with van der Waals surface area (Å²) in [5, 5.41) is 9.71. The van der Waals surface area contributed by atoms with Crippen LogP contribution in [0, 0.1) is 0 Å². The van der Waals surface area contributed by atoms with E-state index in [1.807, 2.05) is 32.0 Å². The lowest BCUT2D eigenvalue weighted by Gasteiger charge is -2.19. The van der Waals surface area contributed by atoms with E-state index in [4.69, 9.17) is 14.2 Å². The molecular formula is C14H21BrO4. The molecule has 0 saturated heterocycles. The molecule has 0 spiro atoms. The Morgan fingerprint density at radius 3 is 2.37 bits per heavy atom. The topological polar surface area (TPSA) is 47.9 Å². The fourth-order valence-electron chi connectivity index (χ4n) is 1.65. The molecular weight excluding hydrogens is 312 g/mol. The predicted octanol–water partition coefficient (Wildman–Crippen LogP) is 3.28. The van der Waals surface area contributed by atoms with Crippen molar-refractivity contribution < 1.29 is 19.3 Å². The number of benzene rings is 1. The zero-order chi connectivity index (χ0) is 14.3. The number of aliphatic hydroxyl groups is 1. The molecule has 0 fully saturated rings. The predicted molar refractivity (Wildman–Crippen MR) is 77.3 cm³/mol. The van der Waals surface area contributed by atoms with Crippen LogP contribution >= 0.6 is 15.9 Å². The molecule has 1 N–H and O–H groups in total. The van der Waals surface area contributed by atoms with E-state index in [1.165, 1.54) is 0 Å². The monoisotopic (exact) mass is 332 g/mol. The molecule has 1 aromatic rings. The first kappa shape index (κ1) is 16.4. The van der Waals surface area contributed by atoms with Gasteiger partial charge in [-0.3, -0.25) is 0 Å². The van der Waals surface area contributed by atoms with Crippen LogP contribution in [0.25, 0.3) is 0 Å². The van der Waals surface area contributed by atoms with Crippen LogP contribution in [-0.2, 0) is 9.47 Å². The smallest absolute Gasteiger partial charge is 0.191 e. The first-order chi connectivity index (χ1) is 9.08. The van der Waals surface area contributed by atoms with Crippen LogP contribution in [0.1, 0.15) is 32.4 Å². The van der Waals surface area contributed by atoms with Crippen molar-refractivity contribution >= 4 is 15.9 Å². The van der Waals surface area contributed by atoms with E-state index in [0.717, 1.165) is 10.0 Å². The van der Waals surface area contributed by atoms with Gasteiger partial charge in [0.1, 0.15) is 12.4 Å². The van der Waals surface area contributed by atoms with Crippen LogP contribution < -0.4 is 4.74 Å². The third-order valence-corrected chi connectivity index (χ3v) is 3.00. The van der Waals surface area contributed by atoms with Crippen molar-refractivity contribution in [2.24, 2.45) is 0 Å². The van der Waals surface area contributed by atoms with Gasteiger partial charge < -0.3 is 19.3 Å². The van der Waals surface area contributed by atoms with Gasteiger partial charge in [-0.1, -0.05) is 22.0 Å². The minimum absolute atomic E-state index is 0.290. The van der Waals surface area contributed by atoms with E-state index >= 15 is 0 Å². The number of hydrogen-bond acceptors (Lipinski definition) is 4. The summed E-state index contributed by atoms with van der Waals surface area (Å²) in [7, 11) is 0. The third-order valence-electron chi connectivity index (χ3n) is 2.51. The van der Waals surface area contributed by atoms with Crippen LogP contribution in [-0.4, -0.2) is 31.2 Å². The van der Waals surface area contributed by atoms with Crippen molar-refractivity contribution in [3.63, 3.8) is 0 Å². The molecule has 0 bridgehead atoms. The normalized spacial score (nSPS) is 12.7. The molecule has 4 nitrogen and oxygen atoms in total. The van der Waals surface area contributed by atoms with E-state index in [2.05, 4.69) is 15.9 Å². The Labute approximate surface area is 122 Å². The molecule has 0 aliphatic heterocycles. The largest absolute Gasteiger partial charge is 0.488 e. The van der Waals surface area contributed by atoms with E-state index in [0.29, 0.717) is 19.0 Å². The summed E-state index contributed by atoms with van der Waals surface area (Å²) in [4.78, 5) is 0. The molecule has 0 aromatic heterocycles. The van der Waals surface area contributed by atoms with Crippen molar-refractivity contribution in [2.45, 2.75) is 33.2 Å². The molecule has 1 rings (SSSR count). The quantitative estimate of drug-likeness (QED) is 0.742. The molecule has 0 aliphatic carbocycles. The molecule has 1 unspecified atom stereocenters. The summed E-state index contributed by atoms with van der Waals surface area (Å²) in [6.07, 6.45) is -0.975. The van der Waals surface area contributed by atoms with Crippen LogP contribution in [0.5, 0.6) is 5.75 Å². The maximum atomic E-state index is 9.71. The van der Waals surface area contributed by atoms with Gasteiger partial charge in [0.05, 0.1) is 6.10 Å². The Bertz CT molecular complexity index is 376. The van der Waals surface area contributed by atoms with E-state index in [1.54, 1.807) is 6.92 Å². The molecule has 0 radical (unpaired) electrons. The van der Waals surface area contributed by atoms with Crippen LogP contribution in [0.15, 0.2) is 22.7 Å². The Kier molecular flexibility index (Phi) is 7.38. The highest BCUT2D eigenvalue weighted by atomic mass is 79.9. The van der Waals surface area contributed by atoms with E-state index < -0.39 is 12.4 Å². The number of rotatable bonds is 8. The number of halogens is 1. The van der Waals surface area contributed by atoms with Gasteiger partial charge in [0.15, 0.2) is 6.29 Å². The lowest BCUT2D eigenvalue weighted by molar-refractivity contribution is -0.152. The summed E-state index contributed by atoms with van der Waals surface area (Å²) in [6.45, 7) is 6.95. The van der Waals surface area contributed by atoms with Gasteiger partial charge in [-0.15, -0.1) is 0 Å². The number of ether oxygens (including phenoxy) is 3. The van der Waals surface area contributed by atoms with Crippen molar-refractivity contribution in [1.82, 2.24) is 0 Å². The lowest BCUT2D eigenvalue weighted by Crippen LogP contribution is -2.25. The molecule has 19 heavy (non-hydrogen) atoms. The second kappa shape index (κ2) is 8.53. The molecule has 5 heteroatoms. The highest BCUT2D eigenvalue weighted by Crippen LogP contribution is 2.28. The highest BCUT2D eigenvalue weighted by Gasteiger charge is 2.13. The molecule has 1 aromatic carbocycles. The van der Waals surface area contributed by atoms with Gasteiger partial charge in [0.2, 0.25) is 0 Å². The van der Waals surface area contributed by atoms with Gasteiger partial charge in [-0.05, 0) is 32.9 Å². The van der Waals surface area contributed by atoms with Gasteiger partial charge in [-0.25, -0.2) is 0 Å². The van der Waals surface area contributed by atoms with Gasteiger partial charge >= 0.3 is 0 Å². The standard InChI is InChI=1S/C14H21BrO4/c1-4-17-14(18-5-2)9-19-13-8-11(15)6-7-12(13)10(3)16/h6-8,10,14,16H,4-5,9H2,1-3H3. The summed E-state index contributed by atoms with van der Waals surface area (Å²) in [5.41, 5.74) is 0.745. The summed E-state index contributed by atoms with van der Waals surface area (Å²) < 4.78 is 17.4. The summed E-state index contributed by atoms with van der Waals surface area (Å²) in [5.74, 6) is 0.633. The van der Waals surface area contributed by atoms with Gasteiger partial charge in [0, 0.05) is 23.2 Å². The Morgan fingerprint density at radius 2 is 1.84 bits per heavy atom. The molecule has 0 aliphatic rings. The highest BCUT2D eigenvalue weighted by molar-refractivity contribution is 9.10. The zero-order valence-corrected chi connectivity index (χ0v) is 13.1. The maximum absolute atomic E-state index is 9.71. The number of aliphatic hydroxyl groups excluding tert-OH is 1. The van der Waals surface area contributed by atoms with Crippen molar-refractivity contribution in [2.75, 3.05) is 19.8 Å². The number of hydrogen-bond donors (Lipinski definition) is 1. The van der Waals surface area contributed by atoms with Crippen LogP contribution in [0.4, 0.5) is 0 Å². The lowest BCUT2D eigenvalue weighted by atomic mass is 10.1. The first-order valence-corrected chi connectivity index (χ1v) is 7.21. The summed E-state index contributed by atoms with van der Waals surface area (Å²) in [6, 6.07) is 5.54. The Hall–Kier alpha value is -0.620. The zero-order valence-electron chi connectivity index (χ0n) is 11.6. The molecule has 0 heterocycles. The average molecular weight is 333 g/mol. The van der Waals surface area contributed by atoms with Crippen molar-refractivity contribution in [3.05, 3.63) is 28.2 Å². The first-order valence-electron chi connectivity index (χ1n) is 6.42. The fraction of sp³-hybridized carbons (Fsp3) is 0.571. The Morgan fingerprint density at radius 1 is 1.21 bits per heavy atom. The Balaban J connectivity index is 2.71. The third kappa shape index (κ3) is 5.48. The second-order valence-electron chi connectivity index (χ2n) is 4.01. The molecule has 0 amide bonds. The van der Waals surface area contributed by atoms with Crippen LogP contribution in [0.2, 0.25) is 0 Å².